The van der Waals surface area contributed by atoms with Crippen molar-refractivity contribution in [2.24, 2.45) is 5.10 Å². The zero-order valence-electron chi connectivity index (χ0n) is 16.1. The molecule has 0 saturated heterocycles. The van der Waals surface area contributed by atoms with Gasteiger partial charge >= 0.3 is 0 Å². The molecule has 1 amide bonds. The Morgan fingerprint density at radius 2 is 1.63 bits per heavy atom. The summed E-state index contributed by atoms with van der Waals surface area (Å²) in [6, 6.07) is 28.6. The molecule has 0 aromatic heterocycles. The van der Waals surface area contributed by atoms with Crippen molar-refractivity contribution in [3.63, 3.8) is 0 Å². The van der Waals surface area contributed by atoms with Crippen LogP contribution in [0.4, 0.5) is 0 Å². The van der Waals surface area contributed by atoms with Gasteiger partial charge in [-0.15, -0.1) is 0 Å². The zero-order valence-corrected chi connectivity index (χ0v) is 16.8. The van der Waals surface area contributed by atoms with Crippen LogP contribution in [-0.2, 0) is 6.61 Å². The first-order valence-corrected chi connectivity index (χ1v) is 9.85. The minimum Gasteiger partial charge on any atom is -0.488 e. The Labute approximate surface area is 179 Å². The van der Waals surface area contributed by atoms with Crippen LogP contribution >= 0.6 is 11.6 Å². The van der Waals surface area contributed by atoms with Crippen molar-refractivity contribution in [2.45, 2.75) is 6.61 Å². The molecule has 0 radical (unpaired) electrons. The molecule has 4 rings (SSSR count). The van der Waals surface area contributed by atoms with Gasteiger partial charge in [-0.25, -0.2) is 5.43 Å². The average Bonchev–Trinajstić information content (AvgIpc) is 2.79. The maximum atomic E-state index is 12.6. The summed E-state index contributed by atoms with van der Waals surface area (Å²) in [6.07, 6.45) is 1.63. The number of rotatable bonds is 6. The molecule has 1 N–H and O–H groups in total. The normalized spacial score (nSPS) is 11.0. The van der Waals surface area contributed by atoms with E-state index in [0.29, 0.717) is 22.9 Å². The van der Waals surface area contributed by atoms with Gasteiger partial charge in [-0.05, 0) is 52.2 Å². The van der Waals surface area contributed by atoms with Crippen LogP contribution in [0.2, 0.25) is 5.02 Å². The van der Waals surface area contributed by atoms with Crippen LogP contribution in [0, 0.1) is 0 Å². The fourth-order valence-electron chi connectivity index (χ4n) is 3.04. The van der Waals surface area contributed by atoms with Gasteiger partial charge in [-0.3, -0.25) is 4.79 Å². The Hall–Kier alpha value is -3.63. The Balaban J connectivity index is 1.42. The predicted molar refractivity (Wildman–Crippen MR) is 121 cm³/mol. The highest BCUT2D eigenvalue weighted by molar-refractivity contribution is 6.30. The lowest BCUT2D eigenvalue weighted by atomic mass is 10.1. The minimum absolute atomic E-state index is 0.334. The topological polar surface area (TPSA) is 50.7 Å². The number of hydrogen-bond donors (Lipinski definition) is 1. The molecule has 30 heavy (non-hydrogen) atoms. The molecule has 0 heterocycles. The van der Waals surface area contributed by atoms with E-state index in [1.54, 1.807) is 36.5 Å². The quantitative estimate of drug-likeness (QED) is 0.318. The first kappa shape index (κ1) is 19.7. The van der Waals surface area contributed by atoms with Crippen molar-refractivity contribution < 1.29 is 9.53 Å². The highest BCUT2D eigenvalue weighted by atomic mass is 35.5. The average molecular weight is 415 g/mol. The first-order valence-electron chi connectivity index (χ1n) is 9.47. The number of hydrazone groups is 1. The van der Waals surface area contributed by atoms with Crippen LogP contribution < -0.4 is 10.2 Å². The molecule has 148 valence electrons. The lowest BCUT2D eigenvalue weighted by Crippen LogP contribution is -2.18. The predicted octanol–water partition coefficient (Wildman–Crippen LogP) is 5.84. The Morgan fingerprint density at radius 1 is 0.900 bits per heavy atom. The lowest BCUT2D eigenvalue weighted by molar-refractivity contribution is 0.0950. The Bertz CT molecular complexity index is 1200. The van der Waals surface area contributed by atoms with Gasteiger partial charge < -0.3 is 4.74 Å². The summed E-state index contributed by atoms with van der Waals surface area (Å²) in [5.41, 5.74) is 4.86. The van der Waals surface area contributed by atoms with E-state index in [4.69, 9.17) is 16.3 Å². The van der Waals surface area contributed by atoms with Crippen molar-refractivity contribution >= 4 is 34.5 Å². The van der Waals surface area contributed by atoms with Crippen LogP contribution in [0.15, 0.2) is 96.1 Å². The van der Waals surface area contributed by atoms with Gasteiger partial charge in [-0.2, -0.15) is 5.10 Å². The van der Waals surface area contributed by atoms with Crippen LogP contribution in [0.3, 0.4) is 0 Å². The van der Waals surface area contributed by atoms with Gasteiger partial charge in [0.25, 0.3) is 5.91 Å². The number of halogens is 1. The van der Waals surface area contributed by atoms with E-state index in [9.17, 15) is 4.79 Å². The van der Waals surface area contributed by atoms with Crippen LogP contribution in [-0.4, -0.2) is 12.1 Å². The van der Waals surface area contributed by atoms with E-state index in [1.165, 1.54) is 0 Å². The van der Waals surface area contributed by atoms with E-state index >= 15 is 0 Å². The molecule has 4 nitrogen and oxygen atoms in total. The third kappa shape index (κ3) is 4.85. The highest BCUT2D eigenvalue weighted by Crippen LogP contribution is 2.20. The maximum absolute atomic E-state index is 12.6. The second-order valence-corrected chi connectivity index (χ2v) is 7.15. The van der Waals surface area contributed by atoms with Crippen molar-refractivity contribution in [3.8, 4) is 5.75 Å². The van der Waals surface area contributed by atoms with E-state index < -0.39 is 0 Å². The highest BCUT2D eigenvalue weighted by Gasteiger charge is 2.11. The number of nitrogens with zero attached hydrogens (tertiary/aromatic N) is 1. The van der Waals surface area contributed by atoms with Crippen LogP contribution in [0.1, 0.15) is 21.5 Å². The summed E-state index contributed by atoms with van der Waals surface area (Å²) in [5.74, 6) is 0.157. The third-order valence-electron chi connectivity index (χ3n) is 4.59. The number of fused-ring (bicyclic) bond motifs is 1. The molecule has 0 aliphatic carbocycles. The van der Waals surface area contributed by atoms with Crippen molar-refractivity contribution in [1.82, 2.24) is 5.43 Å². The van der Waals surface area contributed by atoms with E-state index in [-0.39, 0.29) is 5.91 Å². The van der Waals surface area contributed by atoms with E-state index in [2.05, 4.69) is 16.6 Å². The summed E-state index contributed by atoms with van der Waals surface area (Å²) < 4.78 is 5.84. The standard InChI is InChI=1S/C25H19ClN2O2/c26-22-13-10-18(11-14-22)17-30-24-8-4-3-7-23(24)25(29)28-27-16-19-9-12-20-5-1-2-6-21(20)15-19/h1-16H,17H2,(H,28,29). The molecule has 0 unspecified atom stereocenters. The van der Waals surface area contributed by atoms with Gasteiger partial charge in [0.15, 0.2) is 0 Å². The molecular formula is C25H19ClN2O2. The van der Waals surface area contributed by atoms with Gasteiger partial charge in [-0.1, -0.05) is 72.3 Å². The largest absolute Gasteiger partial charge is 0.488 e. The Kier molecular flexibility index (Phi) is 6.06. The number of amides is 1. The minimum atomic E-state index is -0.334. The van der Waals surface area contributed by atoms with Gasteiger partial charge in [0, 0.05) is 5.02 Å². The summed E-state index contributed by atoms with van der Waals surface area (Å²) in [6.45, 7) is 0.335. The SMILES string of the molecule is O=C(NN=Cc1ccc2ccccc2c1)c1ccccc1OCc1ccc(Cl)cc1. The molecule has 0 aliphatic heterocycles. The number of ether oxygens (including phenoxy) is 1. The second kappa shape index (κ2) is 9.25. The smallest absolute Gasteiger partial charge is 0.275 e. The number of hydrogen-bond acceptors (Lipinski definition) is 3. The molecular weight excluding hydrogens is 396 g/mol. The number of para-hydroxylation sites is 1. The number of nitrogens with one attached hydrogen (secondary N) is 1. The van der Waals surface area contributed by atoms with E-state index in [0.717, 1.165) is 21.9 Å². The third-order valence-corrected chi connectivity index (χ3v) is 4.84. The summed E-state index contributed by atoms with van der Waals surface area (Å²) in [7, 11) is 0. The zero-order chi connectivity index (χ0) is 20.8. The molecule has 4 aromatic carbocycles. The van der Waals surface area contributed by atoms with Gasteiger partial charge in [0.2, 0.25) is 0 Å². The fourth-order valence-corrected chi connectivity index (χ4v) is 3.16. The van der Waals surface area contributed by atoms with Gasteiger partial charge in [0.1, 0.15) is 12.4 Å². The van der Waals surface area contributed by atoms with Crippen LogP contribution in [0.25, 0.3) is 10.8 Å². The van der Waals surface area contributed by atoms with Crippen molar-refractivity contribution in [1.29, 1.82) is 0 Å². The lowest BCUT2D eigenvalue weighted by Gasteiger charge is -2.10. The van der Waals surface area contributed by atoms with Crippen molar-refractivity contribution in [3.05, 3.63) is 113 Å². The molecule has 0 atom stereocenters. The molecule has 0 saturated carbocycles. The molecule has 0 aliphatic rings. The summed E-state index contributed by atoms with van der Waals surface area (Å²) in [5, 5.41) is 7.05. The molecule has 5 heteroatoms. The number of benzene rings is 4. The Morgan fingerprint density at radius 3 is 2.47 bits per heavy atom. The van der Waals surface area contributed by atoms with Crippen LogP contribution in [0.5, 0.6) is 5.75 Å². The molecule has 0 fully saturated rings. The number of carbonyl (C=O) groups excluding carboxylic acids is 1. The molecule has 0 bridgehead atoms. The second-order valence-electron chi connectivity index (χ2n) is 6.72. The molecule has 4 aromatic rings. The first-order chi connectivity index (χ1) is 14.7. The summed E-state index contributed by atoms with van der Waals surface area (Å²) in [4.78, 5) is 12.6. The van der Waals surface area contributed by atoms with Crippen molar-refractivity contribution in [2.75, 3.05) is 0 Å². The fraction of sp³-hybridized carbons (Fsp3) is 0.0400. The van der Waals surface area contributed by atoms with E-state index in [1.807, 2.05) is 54.6 Å². The molecule has 0 spiro atoms. The van der Waals surface area contributed by atoms with Gasteiger partial charge in [0.05, 0.1) is 11.8 Å². The monoisotopic (exact) mass is 414 g/mol. The summed E-state index contributed by atoms with van der Waals surface area (Å²) >= 11 is 5.91. The number of carbonyl (C=O) groups is 1. The maximum Gasteiger partial charge on any atom is 0.275 e.